The molecule has 1 aliphatic heterocycles. The predicted molar refractivity (Wildman–Crippen MR) is 104 cm³/mol. The van der Waals surface area contributed by atoms with E-state index in [2.05, 4.69) is 4.74 Å². The summed E-state index contributed by atoms with van der Waals surface area (Å²) in [6.07, 6.45) is 2.53. The van der Waals surface area contributed by atoms with Crippen LogP contribution >= 0.6 is 0 Å². The van der Waals surface area contributed by atoms with Crippen molar-refractivity contribution in [3.63, 3.8) is 0 Å². The second kappa shape index (κ2) is 9.48. The maximum atomic E-state index is 13.4. The Morgan fingerprint density at radius 3 is 2.32 bits per heavy atom. The first-order chi connectivity index (χ1) is 14.7. The molecule has 0 saturated carbocycles. The van der Waals surface area contributed by atoms with E-state index in [1.54, 1.807) is 6.07 Å². The number of para-hydroxylation sites is 1. The standard InChI is InChI=1S/C20H18F4N2O4S/c21-16-7-6-15(13-17(16)22)31(28,29)26-11-9-25(10-12-26)19(27)8-5-14-3-1-2-4-18(14)30-20(23)24/h1-8,13,20H,9-12H2/b8-5+. The minimum atomic E-state index is -4.04. The molecule has 1 saturated heterocycles. The number of piperazine rings is 1. The van der Waals surface area contributed by atoms with Gasteiger partial charge in [-0.2, -0.15) is 13.1 Å². The number of alkyl halides is 2. The van der Waals surface area contributed by atoms with E-state index in [-0.39, 0.29) is 42.4 Å². The average molecular weight is 458 g/mol. The van der Waals surface area contributed by atoms with Crippen molar-refractivity contribution in [2.24, 2.45) is 0 Å². The van der Waals surface area contributed by atoms with E-state index >= 15 is 0 Å². The highest BCUT2D eigenvalue weighted by Gasteiger charge is 2.30. The monoisotopic (exact) mass is 458 g/mol. The van der Waals surface area contributed by atoms with Crippen LogP contribution in [0.25, 0.3) is 6.08 Å². The molecule has 1 heterocycles. The lowest BCUT2D eigenvalue weighted by Crippen LogP contribution is -2.50. The van der Waals surface area contributed by atoms with Crippen molar-refractivity contribution in [2.75, 3.05) is 26.2 Å². The van der Waals surface area contributed by atoms with E-state index in [9.17, 15) is 30.8 Å². The number of ether oxygens (including phenoxy) is 1. The molecule has 1 amide bonds. The summed E-state index contributed by atoms with van der Waals surface area (Å²) in [4.78, 5) is 13.4. The summed E-state index contributed by atoms with van der Waals surface area (Å²) in [6.45, 7) is -2.93. The van der Waals surface area contributed by atoms with Gasteiger partial charge in [0.1, 0.15) is 5.75 Å². The first kappa shape index (κ1) is 22.8. The zero-order valence-electron chi connectivity index (χ0n) is 16.0. The Hall–Kier alpha value is -2.92. The fraction of sp³-hybridized carbons (Fsp3) is 0.250. The van der Waals surface area contributed by atoms with Crippen molar-refractivity contribution in [2.45, 2.75) is 11.5 Å². The van der Waals surface area contributed by atoms with E-state index < -0.39 is 34.2 Å². The van der Waals surface area contributed by atoms with E-state index in [1.165, 1.54) is 35.3 Å². The van der Waals surface area contributed by atoms with Crippen LogP contribution in [0.2, 0.25) is 0 Å². The van der Waals surface area contributed by atoms with Crippen LogP contribution in [0.5, 0.6) is 5.75 Å². The Labute approximate surface area is 176 Å². The number of hydrogen-bond donors (Lipinski definition) is 0. The van der Waals surface area contributed by atoms with Gasteiger partial charge in [-0.1, -0.05) is 18.2 Å². The molecule has 11 heteroatoms. The van der Waals surface area contributed by atoms with Gasteiger partial charge >= 0.3 is 6.61 Å². The molecule has 31 heavy (non-hydrogen) atoms. The summed E-state index contributed by atoms with van der Waals surface area (Å²) in [5.41, 5.74) is 0.288. The van der Waals surface area contributed by atoms with Gasteiger partial charge in [-0.05, 0) is 30.3 Å². The van der Waals surface area contributed by atoms with Crippen LogP contribution in [-0.2, 0) is 14.8 Å². The molecule has 2 aromatic rings. The normalized spacial score (nSPS) is 15.6. The maximum Gasteiger partial charge on any atom is 0.387 e. The highest BCUT2D eigenvalue weighted by molar-refractivity contribution is 7.89. The number of halogens is 4. The molecular formula is C20H18F4N2O4S. The molecule has 0 radical (unpaired) electrons. The number of sulfonamides is 1. The molecule has 166 valence electrons. The van der Waals surface area contributed by atoms with Gasteiger partial charge in [-0.15, -0.1) is 0 Å². The number of amides is 1. The zero-order valence-corrected chi connectivity index (χ0v) is 16.9. The van der Waals surface area contributed by atoms with Gasteiger partial charge in [0.15, 0.2) is 11.6 Å². The highest BCUT2D eigenvalue weighted by Crippen LogP contribution is 2.22. The molecule has 0 aliphatic carbocycles. The number of rotatable bonds is 6. The van der Waals surface area contributed by atoms with Crippen molar-refractivity contribution >= 4 is 22.0 Å². The van der Waals surface area contributed by atoms with Gasteiger partial charge in [0, 0.05) is 37.8 Å². The highest BCUT2D eigenvalue weighted by atomic mass is 32.2. The van der Waals surface area contributed by atoms with Crippen LogP contribution in [-0.4, -0.2) is 56.3 Å². The number of benzene rings is 2. The third kappa shape index (κ3) is 5.42. The van der Waals surface area contributed by atoms with Gasteiger partial charge in [0.25, 0.3) is 0 Å². The Morgan fingerprint density at radius 2 is 1.68 bits per heavy atom. The number of carbonyl (C=O) groups is 1. The minimum Gasteiger partial charge on any atom is -0.434 e. The molecule has 2 aromatic carbocycles. The van der Waals surface area contributed by atoms with Crippen molar-refractivity contribution in [3.05, 3.63) is 65.7 Å². The largest absolute Gasteiger partial charge is 0.434 e. The van der Waals surface area contributed by atoms with Crippen LogP contribution in [0.1, 0.15) is 5.56 Å². The summed E-state index contributed by atoms with van der Waals surface area (Å²) >= 11 is 0. The molecule has 3 rings (SSSR count). The summed E-state index contributed by atoms with van der Waals surface area (Å²) in [7, 11) is -4.04. The molecule has 0 aromatic heterocycles. The number of nitrogens with zero attached hydrogens (tertiary/aromatic N) is 2. The third-order valence-corrected chi connectivity index (χ3v) is 6.51. The lowest BCUT2D eigenvalue weighted by molar-refractivity contribution is -0.127. The van der Waals surface area contributed by atoms with E-state index in [0.717, 1.165) is 16.4 Å². The fourth-order valence-corrected chi connectivity index (χ4v) is 4.46. The van der Waals surface area contributed by atoms with Gasteiger partial charge in [0.2, 0.25) is 15.9 Å². The molecule has 1 aliphatic rings. The Bertz CT molecular complexity index is 1080. The predicted octanol–water partition coefficient (Wildman–Crippen LogP) is 3.11. The first-order valence-corrected chi connectivity index (χ1v) is 10.6. The van der Waals surface area contributed by atoms with Crippen LogP contribution in [0.4, 0.5) is 17.6 Å². The van der Waals surface area contributed by atoms with E-state index in [4.69, 9.17) is 0 Å². The second-order valence-electron chi connectivity index (χ2n) is 6.55. The summed E-state index contributed by atoms with van der Waals surface area (Å²) in [5.74, 6) is -2.93. The van der Waals surface area contributed by atoms with Crippen LogP contribution in [0.3, 0.4) is 0 Å². The maximum absolute atomic E-state index is 13.4. The molecule has 0 bridgehead atoms. The van der Waals surface area contributed by atoms with Crippen molar-refractivity contribution in [3.8, 4) is 5.75 Å². The molecule has 1 fully saturated rings. The van der Waals surface area contributed by atoms with Crippen molar-refractivity contribution < 1.29 is 35.5 Å². The lowest BCUT2D eigenvalue weighted by Gasteiger charge is -2.33. The summed E-state index contributed by atoms with van der Waals surface area (Å²) < 4.78 is 82.1. The van der Waals surface area contributed by atoms with E-state index in [0.29, 0.717) is 6.07 Å². The van der Waals surface area contributed by atoms with E-state index in [1.807, 2.05) is 0 Å². The van der Waals surface area contributed by atoms with Crippen molar-refractivity contribution in [1.29, 1.82) is 0 Å². The molecule has 0 spiro atoms. The van der Waals surface area contributed by atoms with Crippen LogP contribution in [0, 0.1) is 11.6 Å². The molecular weight excluding hydrogens is 440 g/mol. The van der Waals surface area contributed by atoms with Gasteiger partial charge in [-0.25, -0.2) is 17.2 Å². The van der Waals surface area contributed by atoms with Crippen LogP contribution < -0.4 is 4.74 Å². The summed E-state index contributed by atoms with van der Waals surface area (Å²) in [6, 6.07) is 8.30. The Kier molecular flexibility index (Phi) is 6.96. The summed E-state index contributed by atoms with van der Waals surface area (Å²) in [5, 5.41) is 0. The number of hydrogen-bond acceptors (Lipinski definition) is 4. The third-order valence-electron chi connectivity index (χ3n) is 4.62. The molecule has 0 N–H and O–H groups in total. The Morgan fingerprint density at radius 1 is 1.00 bits per heavy atom. The molecule has 0 unspecified atom stereocenters. The zero-order chi connectivity index (χ0) is 22.6. The van der Waals surface area contributed by atoms with Gasteiger partial charge < -0.3 is 9.64 Å². The van der Waals surface area contributed by atoms with Crippen molar-refractivity contribution in [1.82, 2.24) is 9.21 Å². The molecule has 6 nitrogen and oxygen atoms in total. The average Bonchev–Trinajstić information content (AvgIpc) is 2.74. The quantitative estimate of drug-likeness (QED) is 0.493. The topological polar surface area (TPSA) is 66.9 Å². The minimum absolute atomic E-state index is 0.0357. The second-order valence-corrected chi connectivity index (χ2v) is 8.49. The van der Waals surface area contributed by atoms with Crippen LogP contribution in [0.15, 0.2) is 53.4 Å². The molecule has 0 atom stereocenters. The SMILES string of the molecule is O=C(/C=C/c1ccccc1OC(F)F)N1CCN(S(=O)(=O)c2ccc(F)c(F)c2)CC1. The fourth-order valence-electron chi connectivity index (χ4n) is 3.02. The number of carbonyl (C=O) groups excluding carboxylic acids is 1. The first-order valence-electron chi connectivity index (χ1n) is 9.14. The van der Waals surface area contributed by atoms with Gasteiger partial charge in [-0.3, -0.25) is 4.79 Å². The lowest BCUT2D eigenvalue weighted by atomic mass is 10.2. The Balaban J connectivity index is 1.64. The van der Waals surface area contributed by atoms with Gasteiger partial charge in [0.05, 0.1) is 4.90 Å². The smallest absolute Gasteiger partial charge is 0.387 e.